The van der Waals surface area contributed by atoms with Crippen molar-refractivity contribution in [1.29, 1.82) is 0 Å². The quantitative estimate of drug-likeness (QED) is 0.787. The molecular formula is C12H6ClFO3. The van der Waals surface area contributed by atoms with Gasteiger partial charge in [0.25, 0.3) is 0 Å². The molecule has 3 nitrogen and oxygen atoms in total. The minimum absolute atomic E-state index is 0.0649. The zero-order chi connectivity index (χ0) is 12.4. The van der Waals surface area contributed by atoms with E-state index in [9.17, 15) is 14.0 Å². The number of hydrogen-bond acceptors (Lipinski definition) is 3. The van der Waals surface area contributed by atoms with E-state index in [2.05, 4.69) is 0 Å². The van der Waals surface area contributed by atoms with Crippen LogP contribution in [0, 0.1) is 5.82 Å². The summed E-state index contributed by atoms with van der Waals surface area (Å²) >= 11 is 5.67. The lowest BCUT2D eigenvalue weighted by atomic mass is 10.1. The molecule has 2 aromatic rings. The predicted molar refractivity (Wildman–Crippen MR) is 59.9 cm³/mol. The van der Waals surface area contributed by atoms with Crippen molar-refractivity contribution in [2.24, 2.45) is 0 Å². The van der Waals surface area contributed by atoms with Gasteiger partial charge in [0.2, 0.25) is 0 Å². The fraction of sp³-hybridized carbons (Fsp3) is 0. The first kappa shape index (κ1) is 11.5. The van der Waals surface area contributed by atoms with Gasteiger partial charge in [-0.1, -0.05) is 11.6 Å². The minimum Gasteiger partial charge on any atom is -0.453 e. The molecule has 0 N–H and O–H groups in total. The third-order valence-electron chi connectivity index (χ3n) is 2.25. The molecule has 0 atom stereocenters. The average molecular weight is 253 g/mol. The number of benzene rings is 1. The second-order valence-corrected chi connectivity index (χ2v) is 3.65. The Morgan fingerprint density at radius 3 is 2.47 bits per heavy atom. The Morgan fingerprint density at radius 2 is 1.88 bits per heavy atom. The first-order valence-electron chi connectivity index (χ1n) is 4.66. The SMILES string of the molecule is O=Cc1ccc(-c2ccc(C=O)c(Cl)c2F)o1. The molecule has 0 bridgehead atoms. The molecule has 0 aliphatic carbocycles. The average Bonchev–Trinajstić information content (AvgIpc) is 2.81. The maximum atomic E-state index is 13.8. The van der Waals surface area contributed by atoms with Crippen molar-refractivity contribution in [2.45, 2.75) is 0 Å². The molecule has 1 aromatic carbocycles. The largest absolute Gasteiger partial charge is 0.453 e. The number of aldehydes is 2. The molecule has 0 saturated heterocycles. The van der Waals surface area contributed by atoms with Crippen LogP contribution in [-0.4, -0.2) is 12.6 Å². The summed E-state index contributed by atoms with van der Waals surface area (Å²) < 4.78 is 18.9. The minimum atomic E-state index is -0.747. The predicted octanol–water partition coefficient (Wildman–Crippen LogP) is 3.36. The molecule has 0 radical (unpaired) electrons. The number of rotatable bonds is 3. The van der Waals surface area contributed by atoms with Crippen LogP contribution in [0.1, 0.15) is 20.9 Å². The molecule has 0 unspecified atom stereocenters. The van der Waals surface area contributed by atoms with Gasteiger partial charge < -0.3 is 4.42 Å². The zero-order valence-electron chi connectivity index (χ0n) is 8.44. The maximum Gasteiger partial charge on any atom is 0.185 e. The number of carbonyl (C=O) groups is 2. The molecule has 0 aliphatic rings. The van der Waals surface area contributed by atoms with Crippen LogP contribution >= 0.6 is 11.6 Å². The van der Waals surface area contributed by atoms with Crippen molar-refractivity contribution in [1.82, 2.24) is 0 Å². The van der Waals surface area contributed by atoms with Crippen LogP contribution in [0.5, 0.6) is 0 Å². The highest BCUT2D eigenvalue weighted by Gasteiger charge is 2.15. The number of carbonyl (C=O) groups excluding carboxylic acids is 2. The van der Waals surface area contributed by atoms with E-state index in [4.69, 9.17) is 16.0 Å². The maximum absolute atomic E-state index is 13.8. The Morgan fingerprint density at radius 1 is 1.12 bits per heavy atom. The smallest absolute Gasteiger partial charge is 0.185 e. The number of hydrogen-bond donors (Lipinski definition) is 0. The van der Waals surface area contributed by atoms with Crippen LogP contribution in [0.4, 0.5) is 4.39 Å². The van der Waals surface area contributed by atoms with E-state index in [0.29, 0.717) is 12.6 Å². The number of halogens is 2. The topological polar surface area (TPSA) is 47.3 Å². The van der Waals surface area contributed by atoms with E-state index in [0.717, 1.165) is 0 Å². The van der Waals surface area contributed by atoms with E-state index < -0.39 is 5.82 Å². The normalized spacial score (nSPS) is 10.2. The summed E-state index contributed by atoms with van der Waals surface area (Å²) in [5.74, 6) is -0.470. The molecular weight excluding hydrogens is 247 g/mol. The van der Waals surface area contributed by atoms with Crippen molar-refractivity contribution < 1.29 is 18.4 Å². The highest BCUT2D eigenvalue weighted by Crippen LogP contribution is 2.30. The van der Waals surface area contributed by atoms with Crippen molar-refractivity contribution in [3.8, 4) is 11.3 Å². The van der Waals surface area contributed by atoms with E-state index in [1.54, 1.807) is 0 Å². The molecule has 17 heavy (non-hydrogen) atoms. The summed E-state index contributed by atoms with van der Waals surface area (Å²) in [5, 5.41) is -0.262. The Bertz CT molecular complexity index is 589. The van der Waals surface area contributed by atoms with Crippen LogP contribution in [0.3, 0.4) is 0 Å². The van der Waals surface area contributed by atoms with Crippen LogP contribution in [0.2, 0.25) is 5.02 Å². The van der Waals surface area contributed by atoms with Crippen LogP contribution < -0.4 is 0 Å². The third kappa shape index (κ3) is 1.99. The highest BCUT2D eigenvalue weighted by atomic mass is 35.5. The van der Waals surface area contributed by atoms with Crippen LogP contribution in [0.15, 0.2) is 28.7 Å². The van der Waals surface area contributed by atoms with Crippen LogP contribution in [0.25, 0.3) is 11.3 Å². The summed E-state index contributed by atoms with van der Waals surface area (Å²) in [6.07, 6.45) is 0.983. The molecule has 5 heteroatoms. The summed E-state index contributed by atoms with van der Waals surface area (Å²) in [7, 11) is 0. The van der Waals surface area contributed by atoms with E-state index in [1.807, 2.05) is 0 Å². The lowest BCUT2D eigenvalue weighted by Crippen LogP contribution is -1.90. The first-order valence-corrected chi connectivity index (χ1v) is 5.03. The van der Waals surface area contributed by atoms with Crippen LogP contribution in [-0.2, 0) is 0 Å². The van der Waals surface area contributed by atoms with Gasteiger partial charge in [0.15, 0.2) is 24.1 Å². The van der Waals surface area contributed by atoms with Gasteiger partial charge in [-0.3, -0.25) is 9.59 Å². The first-order chi connectivity index (χ1) is 8.17. The fourth-order valence-corrected chi connectivity index (χ4v) is 1.62. The Balaban J connectivity index is 2.56. The molecule has 86 valence electrons. The van der Waals surface area contributed by atoms with Crippen molar-refractivity contribution >= 4 is 24.2 Å². The van der Waals surface area contributed by atoms with E-state index >= 15 is 0 Å². The van der Waals surface area contributed by atoms with Crippen molar-refractivity contribution in [3.63, 3.8) is 0 Å². The summed E-state index contributed by atoms with van der Waals surface area (Å²) in [6.45, 7) is 0. The van der Waals surface area contributed by atoms with E-state index in [-0.39, 0.29) is 27.7 Å². The Kier molecular flexibility index (Phi) is 3.06. The molecule has 0 amide bonds. The molecule has 0 spiro atoms. The summed E-state index contributed by atoms with van der Waals surface area (Å²) in [5.41, 5.74) is 0.170. The van der Waals surface area contributed by atoms with Gasteiger partial charge in [0.05, 0.1) is 10.6 Å². The highest BCUT2D eigenvalue weighted by molar-refractivity contribution is 6.33. The van der Waals surface area contributed by atoms with Gasteiger partial charge >= 0.3 is 0 Å². The van der Waals surface area contributed by atoms with E-state index in [1.165, 1.54) is 24.3 Å². The summed E-state index contributed by atoms with van der Waals surface area (Å²) in [4.78, 5) is 21.0. The third-order valence-corrected chi connectivity index (χ3v) is 2.63. The molecule has 2 rings (SSSR count). The second-order valence-electron chi connectivity index (χ2n) is 3.27. The van der Waals surface area contributed by atoms with Crippen molar-refractivity contribution in [2.75, 3.05) is 0 Å². The molecule has 0 aliphatic heterocycles. The van der Waals surface area contributed by atoms with Gasteiger partial charge in [-0.2, -0.15) is 0 Å². The van der Waals surface area contributed by atoms with Gasteiger partial charge in [-0.05, 0) is 24.3 Å². The lowest BCUT2D eigenvalue weighted by Gasteiger charge is -2.03. The van der Waals surface area contributed by atoms with Gasteiger partial charge in [-0.25, -0.2) is 4.39 Å². The van der Waals surface area contributed by atoms with Gasteiger partial charge in [-0.15, -0.1) is 0 Å². The second kappa shape index (κ2) is 4.51. The molecule has 1 heterocycles. The molecule has 0 fully saturated rings. The summed E-state index contributed by atoms with van der Waals surface area (Å²) in [6, 6.07) is 5.64. The lowest BCUT2D eigenvalue weighted by molar-refractivity contribution is 0.109. The zero-order valence-corrected chi connectivity index (χ0v) is 9.20. The number of furan rings is 1. The monoisotopic (exact) mass is 252 g/mol. The van der Waals surface area contributed by atoms with Crippen molar-refractivity contribution in [3.05, 3.63) is 46.4 Å². The van der Waals surface area contributed by atoms with Gasteiger partial charge in [0, 0.05) is 5.56 Å². The molecule has 1 aromatic heterocycles. The Labute approximate surface area is 101 Å². The Hall–Kier alpha value is -1.94. The van der Waals surface area contributed by atoms with Gasteiger partial charge in [0.1, 0.15) is 5.76 Å². The standard InChI is InChI=1S/C12H6ClFO3/c13-11-7(5-15)1-3-9(12(11)14)10-4-2-8(6-16)17-10/h1-6H. The molecule has 0 saturated carbocycles. The fourth-order valence-electron chi connectivity index (χ4n) is 1.41.